The van der Waals surface area contributed by atoms with E-state index in [2.05, 4.69) is 141 Å². The molecule has 0 unspecified atom stereocenters. The van der Waals surface area contributed by atoms with Gasteiger partial charge < -0.3 is 9.13 Å². The fraction of sp³-hybridized carbons (Fsp3) is 0. The monoisotopic (exact) mass is 700 g/mol. The third-order valence-corrected chi connectivity index (χ3v) is 10.9. The van der Waals surface area contributed by atoms with E-state index < -0.39 is 0 Å². The van der Waals surface area contributed by atoms with Crippen LogP contribution in [0.4, 0.5) is 0 Å². The minimum atomic E-state index is 0.563. The molecule has 11 aromatic rings. The number of hydrogen-bond acceptors (Lipinski definition) is 3. The Kier molecular flexibility index (Phi) is 6.58. The summed E-state index contributed by atoms with van der Waals surface area (Å²) in [5.74, 6) is 0. The molecule has 0 aliphatic carbocycles. The molecule has 7 aromatic carbocycles. The Hall–Kier alpha value is -7.93. The van der Waals surface area contributed by atoms with E-state index in [0.29, 0.717) is 11.1 Å². The van der Waals surface area contributed by atoms with Crippen molar-refractivity contribution in [3.63, 3.8) is 0 Å². The lowest BCUT2D eigenvalue weighted by Crippen LogP contribution is -1.98. The van der Waals surface area contributed by atoms with Crippen molar-refractivity contribution in [3.05, 3.63) is 181 Å². The van der Waals surface area contributed by atoms with Crippen molar-refractivity contribution in [2.24, 2.45) is 0 Å². The van der Waals surface area contributed by atoms with Crippen LogP contribution < -0.4 is 0 Å². The summed E-state index contributed by atoms with van der Waals surface area (Å²) in [5, 5.41) is 26.7. The maximum absolute atomic E-state index is 10.3. The van der Waals surface area contributed by atoms with Crippen molar-refractivity contribution in [1.29, 1.82) is 10.5 Å². The molecule has 0 fully saturated rings. The molecule has 0 saturated heterocycles. The summed E-state index contributed by atoms with van der Waals surface area (Å²) in [6.07, 6.45) is 1.86. The minimum absolute atomic E-state index is 0.563. The molecular weight excluding hydrogens is 673 g/mol. The number of hydrogen-bond donors (Lipinski definition) is 0. The molecule has 11 rings (SSSR count). The number of fused-ring (bicyclic) bond motifs is 10. The van der Waals surface area contributed by atoms with Gasteiger partial charge in [-0.25, -0.2) is 4.98 Å². The molecule has 0 amide bonds. The zero-order valence-electron chi connectivity index (χ0n) is 29.3. The van der Waals surface area contributed by atoms with Gasteiger partial charge in [-0.1, -0.05) is 66.7 Å². The number of pyridine rings is 1. The molecule has 254 valence electrons. The molecular formula is C49H28N6. The Morgan fingerprint density at radius 3 is 1.82 bits per heavy atom. The number of benzene rings is 7. The molecule has 0 saturated carbocycles. The molecule has 4 aromatic heterocycles. The summed E-state index contributed by atoms with van der Waals surface area (Å²) in [6.45, 7) is 0. The van der Waals surface area contributed by atoms with Gasteiger partial charge in [-0.2, -0.15) is 10.5 Å². The van der Waals surface area contributed by atoms with E-state index in [-0.39, 0.29) is 0 Å². The SMILES string of the molecule is N#Cc1cc(-c2cccc(-n3c4ccc5c(c6ccccc6n5-c5ccccc5)c4c4cccnc43)c2)cc(-n2c3ccccc3c3cc(C#N)ccc32)c1. The zero-order valence-corrected chi connectivity index (χ0v) is 29.3. The largest absolute Gasteiger partial charge is 0.309 e. The van der Waals surface area contributed by atoms with Crippen LogP contribution in [-0.2, 0) is 0 Å². The van der Waals surface area contributed by atoms with Gasteiger partial charge in [0.15, 0.2) is 0 Å². The van der Waals surface area contributed by atoms with Crippen molar-refractivity contribution in [2.45, 2.75) is 0 Å². The second kappa shape index (κ2) is 11.8. The van der Waals surface area contributed by atoms with E-state index in [1.165, 1.54) is 10.8 Å². The summed E-state index contributed by atoms with van der Waals surface area (Å²) >= 11 is 0. The first-order valence-corrected chi connectivity index (χ1v) is 18.2. The molecule has 0 N–H and O–H groups in total. The van der Waals surface area contributed by atoms with Crippen LogP contribution in [-0.4, -0.2) is 18.7 Å². The lowest BCUT2D eigenvalue weighted by atomic mass is 10.0. The smallest absolute Gasteiger partial charge is 0.145 e. The van der Waals surface area contributed by atoms with Crippen LogP contribution in [0.2, 0.25) is 0 Å². The normalized spacial score (nSPS) is 11.6. The van der Waals surface area contributed by atoms with Gasteiger partial charge in [0.1, 0.15) is 5.65 Å². The summed E-state index contributed by atoms with van der Waals surface area (Å²) in [6, 6.07) is 61.1. The van der Waals surface area contributed by atoms with Gasteiger partial charge in [0.05, 0.1) is 50.8 Å². The van der Waals surface area contributed by atoms with Gasteiger partial charge >= 0.3 is 0 Å². The first-order chi connectivity index (χ1) is 27.2. The molecule has 6 nitrogen and oxygen atoms in total. The zero-order chi connectivity index (χ0) is 36.6. The lowest BCUT2D eigenvalue weighted by molar-refractivity contribution is 1.13. The Balaban J connectivity index is 1.14. The minimum Gasteiger partial charge on any atom is -0.309 e. The van der Waals surface area contributed by atoms with Crippen LogP contribution >= 0.6 is 0 Å². The van der Waals surface area contributed by atoms with Gasteiger partial charge in [-0.15, -0.1) is 0 Å². The van der Waals surface area contributed by atoms with Crippen molar-refractivity contribution in [3.8, 4) is 40.3 Å². The number of nitrogens with zero attached hydrogens (tertiary/aromatic N) is 6. The van der Waals surface area contributed by atoms with E-state index >= 15 is 0 Å². The highest BCUT2D eigenvalue weighted by molar-refractivity contribution is 6.28. The average molecular weight is 701 g/mol. The lowest BCUT2D eigenvalue weighted by Gasteiger charge is -2.13. The molecule has 0 spiro atoms. The van der Waals surface area contributed by atoms with Crippen LogP contribution in [0.25, 0.3) is 93.7 Å². The van der Waals surface area contributed by atoms with Crippen LogP contribution in [0.1, 0.15) is 11.1 Å². The van der Waals surface area contributed by atoms with Crippen LogP contribution in [0, 0.1) is 22.7 Å². The fourth-order valence-electron chi connectivity index (χ4n) is 8.63. The first-order valence-electron chi connectivity index (χ1n) is 18.2. The van der Waals surface area contributed by atoms with E-state index in [0.717, 1.165) is 83.0 Å². The highest BCUT2D eigenvalue weighted by Gasteiger charge is 2.21. The van der Waals surface area contributed by atoms with Crippen molar-refractivity contribution < 1.29 is 0 Å². The molecule has 0 aliphatic rings. The predicted octanol–water partition coefficient (Wildman–Crippen LogP) is 11.8. The molecule has 6 heteroatoms. The van der Waals surface area contributed by atoms with Gasteiger partial charge in [-0.05, 0) is 108 Å². The highest BCUT2D eigenvalue weighted by atomic mass is 15.1. The van der Waals surface area contributed by atoms with Crippen molar-refractivity contribution in [1.82, 2.24) is 18.7 Å². The van der Waals surface area contributed by atoms with Gasteiger partial charge in [0.2, 0.25) is 0 Å². The third kappa shape index (κ3) is 4.50. The second-order valence-corrected chi connectivity index (χ2v) is 13.9. The molecule has 0 atom stereocenters. The van der Waals surface area contributed by atoms with E-state index in [4.69, 9.17) is 4.98 Å². The number of para-hydroxylation sites is 3. The Morgan fingerprint density at radius 1 is 0.382 bits per heavy atom. The van der Waals surface area contributed by atoms with Crippen LogP contribution in [0.3, 0.4) is 0 Å². The number of rotatable bonds is 4. The van der Waals surface area contributed by atoms with Crippen LogP contribution in [0.15, 0.2) is 170 Å². The van der Waals surface area contributed by atoms with E-state index in [9.17, 15) is 10.5 Å². The summed E-state index contributed by atoms with van der Waals surface area (Å²) in [4.78, 5) is 4.98. The Bertz CT molecular complexity index is 3460. The van der Waals surface area contributed by atoms with Crippen molar-refractivity contribution >= 4 is 65.5 Å². The molecule has 0 radical (unpaired) electrons. The standard InChI is InChI=1S/C49H28N6/c50-29-31-19-20-44-41(26-31)38-14-4-6-17-42(38)54(44)37-25-32(30-51)24-34(28-37)33-10-8-13-36(27-33)55-46-22-21-45-47(48(46)40-16-9-23-52-49(40)55)39-15-5-7-18-43(39)53(45)35-11-2-1-3-12-35/h1-28H. The average Bonchev–Trinajstić information content (AvgIpc) is 3.89. The maximum Gasteiger partial charge on any atom is 0.145 e. The second-order valence-electron chi connectivity index (χ2n) is 13.9. The van der Waals surface area contributed by atoms with Crippen molar-refractivity contribution in [2.75, 3.05) is 0 Å². The summed E-state index contributed by atoms with van der Waals surface area (Å²) in [5.41, 5.74) is 12.3. The van der Waals surface area contributed by atoms with Crippen LogP contribution in [0.5, 0.6) is 0 Å². The first kappa shape index (κ1) is 30.7. The number of aromatic nitrogens is 4. The number of nitriles is 2. The third-order valence-electron chi connectivity index (χ3n) is 10.9. The topological polar surface area (TPSA) is 75.3 Å². The Labute approximate surface area is 315 Å². The molecule has 55 heavy (non-hydrogen) atoms. The summed E-state index contributed by atoms with van der Waals surface area (Å²) < 4.78 is 6.80. The highest BCUT2D eigenvalue weighted by Crippen LogP contribution is 2.42. The van der Waals surface area contributed by atoms with Gasteiger partial charge in [-0.3, -0.25) is 4.57 Å². The maximum atomic E-state index is 10.3. The van der Waals surface area contributed by atoms with Gasteiger partial charge in [0, 0.05) is 55.6 Å². The quantitative estimate of drug-likeness (QED) is 0.183. The fourth-order valence-corrected chi connectivity index (χ4v) is 8.63. The van der Waals surface area contributed by atoms with E-state index in [1.807, 2.05) is 54.7 Å². The molecule has 4 heterocycles. The van der Waals surface area contributed by atoms with Gasteiger partial charge in [0.25, 0.3) is 0 Å². The van der Waals surface area contributed by atoms with E-state index in [1.54, 1.807) is 0 Å². The molecule has 0 bridgehead atoms. The predicted molar refractivity (Wildman–Crippen MR) is 222 cm³/mol. The summed E-state index contributed by atoms with van der Waals surface area (Å²) in [7, 11) is 0. The Morgan fingerprint density at radius 2 is 1.00 bits per heavy atom. The molecule has 0 aliphatic heterocycles.